The van der Waals surface area contributed by atoms with E-state index in [4.69, 9.17) is 10.5 Å². The van der Waals surface area contributed by atoms with Gasteiger partial charge in [0.1, 0.15) is 11.4 Å². The Labute approximate surface area is 124 Å². The van der Waals surface area contributed by atoms with Gasteiger partial charge < -0.3 is 10.5 Å². The quantitative estimate of drug-likeness (QED) is 0.755. The number of anilines is 1. The molecule has 0 aliphatic carbocycles. The molecule has 120 valence electrons. The highest BCUT2D eigenvalue weighted by Gasteiger charge is 2.34. The first-order chi connectivity index (χ1) is 9.62. The summed E-state index contributed by atoms with van der Waals surface area (Å²) in [4.78, 5) is 11.6. The van der Waals surface area contributed by atoms with Gasteiger partial charge in [-0.15, -0.1) is 0 Å². The second-order valence-corrected chi connectivity index (χ2v) is 6.70. The van der Waals surface area contributed by atoms with Crippen LogP contribution in [-0.2, 0) is 26.6 Å². The van der Waals surface area contributed by atoms with Crippen LogP contribution in [-0.4, -0.2) is 47.7 Å². The number of aromatic nitrogens is 2. The molecule has 1 aromatic rings. The Hall–Kier alpha value is -1.61. The molecule has 0 atom stereocenters. The second-order valence-electron chi connectivity index (χ2n) is 4.87. The number of carbonyl (C=O) groups is 1. The molecule has 0 radical (unpaired) electrons. The van der Waals surface area contributed by atoms with Crippen LogP contribution in [0.3, 0.4) is 0 Å². The first kappa shape index (κ1) is 17.4. The van der Waals surface area contributed by atoms with E-state index in [9.17, 15) is 13.2 Å². The third-order valence-corrected chi connectivity index (χ3v) is 5.23. The van der Waals surface area contributed by atoms with Crippen molar-refractivity contribution in [3.8, 4) is 0 Å². The number of ether oxygens (including phenoxy) is 1. The molecular formula is C12H22N4O4S. The lowest BCUT2D eigenvalue weighted by Gasteiger charge is -2.24. The lowest BCUT2D eigenvalue weighted by molar-refractivity contribution is -0.143. The van der Waals surface area contributed by atoms with E-state index >= 15 is 0 Å². The highest BCUT2D eigenvalue weighted by Crippen LogP contribution is 2.26. The number of hydrogen-bond donors (Lipinski definition) is 1. The van der Waals surface area contributed by atoms with Crippen molar-refractivity contribution in [2.45, 2.75) is 38.6 Å². The van der Waals surface area contributed by atoms with Crippen molar-refractivity contribution in [3.05, 3.63) is 5.69 Å². The molecule has 2 N–H and O–H groups in total. The standard InChI is InChI=1S/C12H22N4O4S/c1-6-20-10(17)7-16(8(2)3)21(18,19)11-9(4)15(5)14-12(11)13/h8H,6-7H2,1-5H3,(H2,13,14). The summed E-state index contributed by atoms with van der Waals surface area (Å²) in [6.07, 6.45) is 0. The summed E-state index contributed by atoms with van der Waals surface area (Å²) >= 11 is 0. The van der Waals surface area contributed by atoms with Gasteiger partial charge in [-0.05, 0) is 27.7 Å². The van der Waals surface area contributed by atoms with Crippen molar-refractivity contribution in [1.82, 2.24) is 14.1 Å². The van der Waals surface area contributed by atoms with Crippen molar-refractivity contribution < 1.29 is 17.9 Å². The minimum Gasteiger partial charge on any atom is -0.465 e. The summed E-state index contributed by atoms with van der Waals surface area (Å²) in [7, 11) is -2.32. The number of carbonyl (C=O) groups excluding carboxylic acids is 1. The van der Waals surface area contributed by atoms with Crippen molar-refractivity contribution in [1.29, 1.82) is 0 Å². The lowest BCUT2D eigenvalue weighted by atomic mass is 10.4. The third kappa shape index (κ3) is 3.53. The monoisotopic (exact) mass is 318 g/mol. The van der Waals surface area contributed by atoms with Crippen LogP contribution in [0.15, 0.2) is 4.90 Å². The summed E-state index contributed by atoms with van der Waals surface area (Å²) in [6.45, 7) is 6.46. The molecule has 1 aromatic heterocycles. The van der Waals surface area contributed by atoms with E-state index < -0.39 is 22.0 Å². The summed E-state index contributed by atoms with van der Waals surface area (Å²) in [5, 5.41) is 3.91. The van der Waals surface area contributed by atoms with Crippen molar-refractivity contribution in [2.24, 2.45) is 7.05 Å². The first-order valence-electron chi connectivity index (χ1n) is 6.59. The molecule has 0 aromatic carbocycles. The molecule has 1 heterocycles. The predicted octanol–water partition coefficient (Wildman–Crippen LogP) is 0.273. The van der Waals surface area contributed by atoms with E-state index in [1.807, 2.05) is 0 Å². The SMILES string of the molecule is CCOC(=O)CN(C(C)C)S(=O)(=O)c1c(N)nn(C)c1C. The highest BCUT2D eigenvalue weighted by atomic mass is 32.2. The van der Waals surface area contributed by atoms with Gasteiger partial charge in [-0.2, -0.15) is 9.40 Å². The van der Waals surface area contributed by atoms with Crippen LogP contribution in [0, 0.1) is 6.92 Å². The van der Waals surface area contributed by atoms with Gasteiger partial charge in [-0.25, -0.2) is 8.42 Å². The number of nitrogens with zero attached hydrogens (tertiary/aromatic N) is 3. The molecule has 0 saturated carbocycles. The molecule has 0 aliphatic rings. The van der Waals surface area contributed by atoms with E-state index in [0.717, 1.165) is 4.31 Å². The molecule has 21 heavy (non-hydrogen) atoms. The van der Waals surface area contributed by atoms with Gasteiger partial charge in [0.15, 0.2) is 5.82 Å². The zero-order valence-electron chi connectivity index (χ0n) is 13.0. The molecular weight excluding hydrogens is 296 g/mol. The van der Waals surface area contributed by atoms with Gasteiger partial charge in [0.05, 0.1) is 12.3 Å². The summed E-state index contributed by atoms with van der Waals surface area (Å²) < 4.78 is 32.8. The summed E-state index contributed by atoms with van der Waals surface area (Å²) in [6, 6.07) is -0.418. The van der Waals surface area contributed by atoms with Crippen LogP contribution >= 0.6 is 0 Å². The largest absolute Gasteiger partial charge is 0.465 e. The number of esters is 1. The Morgan fingerprint density at radius 1 is 1.48 bits per heavy atom. The topological polar surface area (TPSA) is 108 Å². The maximum atomic E-state index is 12.8. The zero-order chi connectivity index (χ0) is 16.4. The molecule has 1 rings (SSSR count). The number of rotatable bonds is 6. The van der Waals surface area contributed by atoms with Crippen molar-refractivity contribution in [3.63, 3.8) is 0 Å². The Morgan fingerprint density at radius 3 is 2.43 bits per heavy atom. The first-order valence-corrected chi connectivity index (χ1v) is 8.03. The van der Waals surface area contributed by atoms with E-state index in [1.54, 1.807) is 34.7 Å². The zero-order valence-corrected chi connectivity index (χ0v) is 13.8. The Bertz CT molecular complexity index is 621. The molecule has 8 nitrogen and oxygen atoms in total. The van der Waals surface area contributed by atoms with E-state index in [0.29, 0.717) is 5.69 Å². The summed E-state index contributed by atoms with van der Waals surface area (Å²) in [5.74, 6) is -0.681. The summed E-state index contributed by atoms with van der Waals surface area (Å²) in [5.41, 5.74) is 6.12. The van der Waals surface area contributed by atoms with Gasteiger partial charge in [0, 0.05) is 13.1 Å². The minimum absolute atomic E-state index is 0.0667. The maximum Gasteiger partial charge on any atom is 0.321 e. The fourth-order valence-corrected chi connectivity index (χ4v) is 3.80. The van der Waals surface area contributed by atoms with Gasteiger partial charge >= 0.3 is 5.97 Å². The van der Waals surface area contributed by atoms with Crippen LogP contribution in [0.5, 0.6) is 0 Å². The lowest BCUT2D eigenvalue weighted by Crippen LogP contribution is -2.41. The predicted molar refractivity (Wildman–Crippen MR) is 78.0 cm³/mol. The molecule has 0 amide bonds. The van der Waals surface area contributed by atoms with Crippen LogP contribution in [0.4, 0.5) is 5.82 Å². The minimum atomic E-state index is -3.93. The molecule has 0 spiro atoms. The van der Waals surface area contributed by atoms with Crippen molar-refractivity contribution in [2.75, 3.05) is 18.9 Å². The van der Waals surface area contributed by atoms with Gasteiger partial charge in [0.2, 0.25) is 10.0 Å². The molecule has 0 fully saturated rings. The fourth-order valence-electron chi connectivity index (χ4n) is 1.93. The molecule has 9 heteroatoms. The molecule has 0 aliphatic heterocycles. The molecule has 0 saturated heterocycles. The second kappa shape index (κ2) is 6.44. The normalized spacial score (nSPS) is 12.1. The molecule has 0 unspecified atom stereocenters. The Morgan fingerprint density at radius 2 is 2.05 bits per heavy atom. The Kier molecular flexibility index (Phi) is 5.35. The average Bonchev–Trinajstić information content (AvgIpc) is 2.60. The Balaban J connectivity index is 3.26. The smallest absolute Gasteiger partial charge is 0.321 e. The van der Waals surface area contributed by atoms with E-state index in [-0.39, 0.29) is 23.9 Å². The average molecular weight is 318 g/mol. The number of aryl methyl sites for hydroxylation is 1. The van der Waals surface area contributed by atoms with E-state index in [1.165, 1.54) is 4.68 Å². The van der Waals surface area contributed by atoms with Crippen LogP contribution in [0.1, 0.15) is 26.5 Å². The van der Waals surface area contributed by atoms with Crippen LogP contribution < -0.4 is 5.73 Å². The number of sulfonamides is 1. The third-order valence-electron chi connectivity index (χ3n) is 3.04. The highest BCUT2D eigenvalue weighted by molar-refractivity contribution is 7.89. The van der Waals surface area contributed by atoms with Gasteiger partial charge in [0.25, 0.3) is 0 Å². The van der Waals surface area contributed by atoms with Crippen molar-refractivity contribution >= 4 is 21.8 Å². The number of nitrogen functional groups attached to an aromatic ring is 1. The van der Waals surface area contributed by atoms with Gasteiger partial charge in [-0.1, -0.05) is 0 Å². The number of nitrogens with two attached hydrogens (primary N) is 1. The van der Waals surface area contributed by atoms with Crippen LogP contribution in [0.25, 0.3) is 0 Å². The maximum absolute atomic E-state index is 12.8. The fraction of sp³-hybridized carbons (Fsp3) is 0.667. The van der Waals surface area contributed by atoms with Crippen LogP contribution in [0.2, 0.25) is 0 Å². The van der Waals surface area contributed by atoms with E-state index in [2.05, 4.69) is 5.10 Å². The van der Waals surface area contributed by atoms with Gasteiger partial charge in [-0.3, -0.25) is 9.48 Å². The number of hydrogen-bond acceptors (Lipinski definition) is 6. The molecule has 0 bridgehead atoms.